The molecule has 1 aliphatic carbocycles. The van der Waals surface area contributed by atoms with Crippen LogP contribution in [0.5, 0.6) is 0 Å². The van der Waals surface area contributed by atoms with Gasteiger partial charge in [-0.05, 0) is 59.4 Å². The van der Waals surface area contributed by atoms with Crippen LogP contribution in [-0.2, 0) is 0 Å². The van der Waals surface area contributed by atoms with E-state index in [1.165, 1.54) is 28.9 Å². The molecule has 0 amide bonds. The Morgan fingerprint density at radius 1 is 1.37 bits per heavy atom. The van der Waals surface area contributed by atoms with Crippen LogP contribution in [0.1, 0.15) is 39.5 Å². The third-order valence-electron chi connectivity index (χ3n) is 3.76. The van der Waals surface area contributed by atoms with Gasteiger partial charge in [0, 0.05) is 10.2 Å². The van der Waals surface area contributed by atoms with Crippen LogP contribution in [-0.4, -0.2) is 0 Å². The Morgan fingerprint density at radius 2 is 2.16 bits per heavy atom. The standard InChI is InChI=1S/C17H22BrN/c1-3-4-5-13-11-17(19)12(2)6-7-14-10-15(18)8-9-16(13)14/h7-12H,3-6,19H2,1-2H3/b14-7+,16-13?,17-11?. The zero-order chi connectivity index (χ0) is 13.8. The van der Waals surface area contributed by atoms with Crippen LogP contribution in [0.3, 0.4) is 0 Å². The van der Waals surface area contributed by atoms with Gasteiger partial charge in [-0.25, -0.2) is 0 Å². The van der Waals surface area contributed by atoms with E-state index in [-0.39, 0.29) is 0 Å². The zero-order valence-corrected chi connectivity index (χ0v) is 13.3. The third-order valence-corrected chi connectivity index (χ3v) is 4.25. The first kappa shape index (κ1) is 14.4. The van der Waals surface area contributed by atoms with Crippen molar-refractivity contribution >= 4 is 27.6 Å². The summed E-state index contributed by atoms with van der Waals surface area (Å²) in [5.74, 6) is 0.420. The first-order chi connectivity index (χ1) is 9.11. The van der Waals surface area contributed by atoms with Gasteiger partial charge in [0.1, 0.15) is 0 Å². The fourth-order valence-electron chi connectivity index (χ4n) is 2.43. The molecule has 1 aromatic carbocycles. The number of nitrogens with two attached hydrogens (primary N) is 1. The van der Waals surface area contributed by atoms with Crippen molar-refractivity contribution in [2.45, 2.75) is 39.5 Å². The number of unbranched alkanes of at least 4 members (excludes halogenated alkanes) is 1. The molecule has 0 saturated carbocycles. The molecule has 0 aromatic heterocycles. The first-order valence-corrected chi connectivity index (χ1v) is 7.87. The molecule has 1 aromatic rings. The second-order valence-electron chi connectivity index (χ2n) is 5.35. The van der Waals surface area contributed by atoms with Crippen LogP contribution in [0.15, 0.2) is 34.4 Å². The lowest BCUT2D eigenvalue weighted by Gasteiger charge is -2.14. The van der Waals surface area contributed by atoms with E-state index < -0.39 is 0 Å². The van der Waals surface area contributed by atoms with Gasteiger partial charge in [0.15, 0.2) is 0 Å². The fourth-order valence-corrected chi connectivity index (χ4v) is 2.81. The minimum Gasteiger partial charge on any atom is -0.402 e. The minimum atomic E-state index is 0.420. The summed E-state index contributed by atoms with van der Waals surface area (Å²) >= 11 is 3.57. The van der Waals surface area contributed by atoms with Crippen LogP contribution in [0.25, 0.3) is 11.6 Å². The molecule has 1 atom stereocenters. The van der Waals surface area contributed by atoms with Crippen molar-refractivity contribution in [2.75, 3.05) is 0 Å². The number of rotatable bonds is 3. The Labute approximate surface area is 124 Å². The lowest BCUT2D eigenvalue weighted by molar-refractivity contribution is 0.701. The summed E-state index contributed by atoms with van der Waals surface area (Å²) in [6.45, 7) is 4.43. The van der Waals surface area contributed by atoms with Crippen molar-refractivity contribution in [3.8, 4) is 0 Å². The summed E-state index contributed by atoms with van der Waals surface area (Å²) < 4.78 is 1.14. The highest BCUT2D eigenvalue weighted by Gasteiger charge is 2.08. The molecule has 0 aliphatic heterocycles. The maximum absolute atomic E-state index is 6.21. The van der Waals surface area contributed by atoms with E-state index in [9.17, 15) is 0 Å². The average molecular weight is 320 g/mol. The largest absolute Gasteiger partial charge is 0.402 e. The zero-order valence-electron chi connectivity index (χ0n) is 11.7. The number of allylic oxidation sites excluding steroid dienone is 2. The summed E-state index contributed by atoms with van der Waals surface area (Å²) in [6.07, 6.45) is 9.06. The number of hydrogen-bond donors (Lipinski definition) is 1. The highest BCUT2D eigenvalue weighted by Crippen LogP contribution is 2.17. The predicted octanol–water partition coefficient (Wildman–Crippen LogP) is 3.45. The maximum atomic E-state index is 6.21. The molecule has 2 N–H and O–H groups in total. The number of benzene rings is 1. The lowest BCUT2D eigenvalue weighted by Crippen LogP contribution is -2.28. The van der Waals surface area contributed by atoms with Crippen LogP contribution in [0, 0.1) is 5.92 Å². The van der Waals surface area contributed by atoms with Gasteiger partial charge in [0.05, 0.1) is 0 Å². The van der Waals surface area contributed by atoms with E-state index >= 15 is 0 Å². The third kappa shape index (κ3) is 3.50. The number of fused-ring (bicyclic) bond motifs is 1. The Balaban J connectivity index is 2.65. The average Bonchev–Trinajstić information content (AvgIpc) is 2.39. The Kier molecular flexibility index (Phi) is 4.87. The molecule has 1 unspecified atom stereocenters. The monoisotopic (exact) mass is 319 g/mol. The van der Waals surface area contributed by atoms with Gasteiger partial charge in [0.25, 0.3) is 0 Å². The molecule has 0 heterocycles. The predicted molar refractivity (Wildman–Crippen MR) is 86.8 cm³/mol. The SMILES string of the molecule is CCCCC1=c2ccc(Br)c/c2=C\CC(C)C(N)=C1. The molecule has 0 spiro atoms. The summed E-state index contributed by atoms with van der Waals surface area (Å²) in [6, 6.07) is 6.54. The van der Waals surface area contributed by atoms with E-state index in [4.69, 9.17) is 5.73 Å². The fraction of sp³-hybridized carbons (Fsp3) is 0.412. The lowest BCUT2D eigenvalue weighted by atomic mass is 9.94. The molecule has 2 heteroatoms. The highest BCUT2D eigenvalue weighted by atomic mass is 79.9. The van der Waals surface area contributed by atoms with Crippen LogP contribution >= 0.6 is 15.9 Å². The van der Waals surface area contributed by atoms with Crippen LogP contribution in [0.4, 0.5) is 0 Å². The topological polar surface area (TPSA) is 26.0 Å². The smallest absolute Gasteiger partial charge is 0.0181 e. The van der Waals surface area contributed by atoms with Crippen molar-refractivity contribution in [3.05, 3.63) is 44.9 Å². The van der Waals surface area contributed by atoms with Gasteiger partial charge in [-0.1, -0.05) is 48.3 Å². The molecule has 0 saturated heterocycles. The summed E-state index contributed by atoms with van der Waals surface area (Å²) in [5, 5.41) is 2.67. The Hall–Kier alpha value is -1.02. The second kappa shape index (κ2) is 6.42. The van der Waals surface area contributed by atoms with E-state index in [2.05, 4.69) is 60.1 Å². The van der Waals surface area contributed by atoms with Crippen molar-refractivity contribution in [2.24, 2.45) is 11.7 Å². The highest BCUT2D eigenvalue weighted by molar-refractivity contribution is 9.10. The van der Waals surface area contributed by atoms with Crippen molar-refractivity contribution in [1.29, 1.82) is 0 Å². The number of halogens is 1. The number of hydrogen-bond acceptors (Lipinski definition) is 1. The van der Waals surface area contributed by atoms with Gasteiger partial charge < -0.3 is 5.73 Å². The first-order valence-electron chi connectivity index (χ1n) is 7.07. The van der Waals surface area contributed by atoms with Gasteiger partial charge in [-0.15, -0.1) is 0 Å². The maximum Gasteiger partial charge on any atom is 0.0181 e. The molecule has 19 heavy (non-hydrogen) atoms. The Morgan fingerprint density at radius 3 is 2.89 bits per heavy atom. The van der Waals surface area contributed by atoms with Crippen LogP contribution in [0.2, 0.25) is 0 Å². The van der Waals surface area contributed by atoms with E-state index in [1.54, 1.807) is 0 Å². The van der Waals surface area contributed by atoms with Gasteiger partial charge in [-0.3, -0.25) is 0 Å². The summed E-state index contributed by atoms with van der Waals surface area (Å²) in [4.78, 5) is 0. The van der Waals surface area contributed by atoms with Gasteiger partial charge in [-0.2, -0.15) is 0 Å². The second-order valence-corrected chi connectivity index (χ2v) is 6.26. The minimum absolute atomic E-state index is 0.420. The molecule has 0 fully saturated rings. The molecule has 1 aliphatic rings. The van der Waals surface area contributed by atoms with E-state index in [0.29, 0.717) is 5.92 Å². The molecular weight excluding hydrogens is 298 g/mol. The van der Waals surface area contributed by atoms with Crippen molar-refractivity contribution in [1.82, 2.24) is 0 Å². The molecule has 0 radical (unpaired) electrons. The molecule has 0 bridgehead atoms. The van der Waals surface area contributed by atoms with Gasteiger partial charge >= 0.3 is 0 Å². The van der Waals surface area contributed by atoms with Crippen molar-refractivity contribution in [3.63, 3.8) is 0 Å². The van der Waals surface area contributed by atoms with Crippen molar-refractivity contribution < 1.29 is 0 Å². The molecule has 102 valence electrons. The Bertz CT molecular complexity index is 598. The molecule has 2 rings (SSSR count). The quantitative estimate of drug-likeness (QED) is 0.907. The van der Waals surface area contributed by atoms with E-state index in [0.717, 1.165) is 23.0 Å². The van der Waals surface area contributed by atoms with Crippen LogP contribution < -0.4 is 16.2 Å². The molecular formula is C17H22BrN. The normalized spacial score (nSPS) is 20.8. The summed E-state index contributed by atoms with van der Waals surface area (Å²) in [5.41, 5.74) is 8.60. The van der Waals surface area contributed by atoms with Gasteiger partial charge in [0.2, 0.25) is 0 Å². The van der Waals surface area contributed by atoms with E-state index in [1.807, 2.05) is 0 Å². The molecule has 1 nitrogen and oxygen atoms in total. The summed E-state index contributed by atoms with van der Waals surface area (Å²) in [7, 11) is 0.